The average Bonchev–Trinajstić information content (AvgIpc) is 3.17. The number of nitrogens with zero attached hydrogens (tertiary/aromatic N) is 1. The molecule has 1 aliphatic rings. The van der Waals surface area contributed by atoms with Gasteiger partial charge in [0.25, 0.3) is 5.91 Å². The Bertz CT molecular complexity index is 445. The highest BCUT2D eigenvalue weighted by atomic mass is 127. The minimum atomic E-state index is 0.137. The molecule has 2 rings (SSSR count). The van der Waals surface area contributed by atoms with Gasteiger partial charge in [-0.05, 0) is 60.1 Å². The second-order valence-corrected chi connectivity index (χ2v) is 6.31. The normalized spacial score (nSPS) is 14.6. The van der Waals surface area contributed by atoms with E-state index in [1.54, 1.807) is 6.07 Å². The van der Waals surface area contributed by atoms with Gasteiger partial charge in [0.05, 0.1) is 5.56 Å². The number of rotatable bonds is 5. The maximum atomic E-state index is 12.6. The van der Waals surface area contributed by atoms with Gasteiger partial charge in [0.2, 0.25) is 0 Å². The zero-order valence-electron chi connectivity index (χ0n) is 10.5. The molecular weight excluding hydrogens is 361 g/mol. The Morgan fingerprint density at radius 1 is 1.50 bits per heavy atom. The summed E-state index contributed by atoms with van der Waals surface area (Å²) in [6.07, 6.45) is 4.47. The smallest absolute Gasteiger partial charge is 0.255 e. The molecule has 0 bridgehead atoms. The lowest BCUT2D eigenvalue weighted by Crippen LogP contribution is -2.34. The summed E-state index contributed by atoms with van der Waals surface area (Å²) in [5.74, 6) is 0.137. The van der Waals surface area contributed by atoms with Crippen molar-refractivity contribution >= 4 is 40.1 Å². The van der Waals surface area contributed by atoms with E-state index >= 15 is 0 Å². The van der Waals surface area contributed by atoms with Crippen molar-refractivity contribution in [1.82, 2.24) is 4.90 Å². The summed E-state index contributed by atoms with van der Waals surface area (Å²) in [7, 11) is 0. The average molecular weight is 378 g/mol. The zero-order valence-corrected chi connectivity index (χ0v) is 13.4. The number of amides is 1. The first-order valence-electron chi connectivity index (χ1n) is 6.39. The van der Waals surface area contributed by atoms with Crippen LogP contribution < -0.4 is 0 Å². The molecule has 18 heavy (non-hydrogen) atoms. The van der Waals surface area contributed by atoms with Crippen molar-refractivity contribution in [3.63, 3.8) is 0 Å². The molecule has 4 heteroatoms. The second kappa shape index (κ2) is 6.24. The summed E-state index contributed by atoms with van der Waals surface area (Å²) < 4.78 is 0.976. The van der Waals surface area contributed by atoms with Crippen LogP contribution in [-0.4, -0.2) is 23.4 Å². The summed E-state index contributed by atoms with van der Waals surface area (Å²) in [5.41, 5.74) is 0.742. The van der Waals surface area contributed by atoms with Crippen LogP contribution in [0.1, 0.15) is 43.0 Å². The third-order valence-electron chi connectivity index (χ3n) is 3.16. The number of benzene rings is 1. The maximum Gasteiger partial charge on any atom is 0.255 e. The van der Waals surface area contributed by atoms with Crippen molar-refractivity contribution in [3.8, 4) is 0 Å². The number of unbranched alkanes of at least 4 members (excludes halogenated alkanes) is 1. The van der Waals surface area contributed by atoms with E-state index in [-0.39, 0.29) is 5.91 Å². The third kappa shape index (κ3) is 3.38. The molecule has 1 fully saturated rings. The standard InChI is InChI=1S/C14H17ClINO/c1-2-3-8-17(11-5-6-11)14(18)12-9-10(15)4-7-13(12)16/h4,7,9,11H,2-3,5-6,8H2,1H3. The quantitative estimate of drug-likeness (QED) is 0.699. The van der Waals surface area contributed by atoms with Crippen LogP contribution in [-0.2, 0) is 0 Å². The third-order valence-corrected chi connectivity index (χ3v) is 4.34. The molecule has 1 aromatic rings. The Hall–Kier alpha value is -0.290. The largest absolute Gasteiger partial charge is 0.336 e. The van der Waals surface area contributed by atoms with Gasteiger partial charge in [-0.15, -0.1) is 0 Å². The van der Waals surface area contributed by atoms with Crippen molar-refractivity contribution in [2.24, 2.45) is 0 Å². The Morgan fingerprint density at radius 2 is 2.22 bits per heavy atom. The molecule has 0 heterocycles. The first-order chi connectivity index (χ1) is 8.63. The number of carbonyl (C=O) groups is 1. The van der Waals surface area contributed by atoms with Gasteiger partial charge in [-0.3, -0.25) is 4.79 Å². The molecule has 0 saturated heterocycles. The summed E-state index contributed by atoms with van der Waals surface area (Å²) in [4.78, 5) is 14.6. The highest BCUT2D eigenvalue weighted by Crippen LogP contribution is 2.30. The number of halogens is 2. The van der Waals surface area contributed by atoms with Gasteiger partial charge in [-0.2, -0.15) is 0 Å². The molecule has 1 aliphatic carbocycles. The van der Waals surface area contributed by atoms with Crippen LogP contribution in [0.25, 0.3) is 0 Å². The molecule has 0 spiro atoms. The molecule has 0 radical (unpaired) electrons. The van der Waals surface area contributed by atoms with Gasteiger partial charge in [0.15, 0.2) is 0 Å². The monoisotopic (exact) mass is 377 g/mol. The molecule has 0 aliphatic heterocycles. The van der Waals surface area contributed by atoms with E-state index in [1.165, 1.54) is 0 Å². The van der Waals surface area contributed by atoms with E-state index in [4.69, 9.17) is 11.6 Å². The van der Waals surface area contributed by atoms with Crippen molar-refractivity contribution in [3.05, 3.63) is 32.4 Å². The fourth-order valence-electron chi connectivity index (χ4n) is 1.98. The van der Waals surface area contributed by atoms with Crippen molar-refractivity contribution < 1.29 is 4.79 Å². The Kier molecular flexibility index (Phi) is 4.90. The first-order valence-corrected chi connectivity index (χ1v) is 7.85. The molecule has 1 amide bonds. The maximum absolute atomic E-state index is 12.6. The predicted molar refractivity (Wildman–Crippen MR) is 83.1 cm³/mol. The van der Waals surface area contributed by atoms with Crippen LogP contribution >= 0.6 is 34.2 Å². The number of carbonyl (C=O) groups excluding carboxylic acids is 1. The van der Waals surface area contributed by atoms with E-state index in [2.05, 4.69) is 29.5 Å². The van der Waals surface area contributed by atoms with Crippen LogP contribution in [0.15, 0.2) is 18.2 Å². The number of hydrogen-bond acceptors (Lipinski definition) is 1. The summed E-state index contributed by atoms with van der Waals surface area (Å²) in [6.45, 7) is 3.02. The Balaban J connectivity index is 2.19. The second-order valence-electron chi connectivity index (χ2n) is 4.71. The Morgan fingerprint density at radius 3 is 2.83 bits per heavy atom. The fourth-order valence-corrected chi connectivity index (χ4v) is 2.72. The molecule has 0 atom stereocenters. The zero-order chi connectivity index (χ0) is 13.1. The van der Waals surface area contributed by atoms with Crippen LogP contribution in [0.4, 0.5) is 0 Å². The minimum absolute atomic E-state index is 0.137. The molecule has 0 N–H and O–H groups in total. The number of hydrogen-bond donors (Lipinski definition) is 0. The molecule has 1 aromatic carbocycles. The van der Waals surface area contributed by atoms with Gasteiger partial charge in [-0.25, -0.2) is 0 Å². The minimum Gasteiger partial charge on any atom is -0.336 e. The van der Waals surface area contributed by atoms with Crippen molar-refractivity contribution in [2.45, 2.75) is 38.6 Å². The van der Waals surface area contributed by atoms with Gasteiger partial charge in [0.1, 0.15) is 0 Å². The Labute approximate surface area is 127 Å². The van der Waals surface area contributed by atoms with Crippen LogP contribution in [0.5, 0.6) is 0 Å². The summed E-state index contributed by atoms with van der Waals surface area (Å²) >= 11 is 8.19. The first kappa shape index (κ1) is 14.1. The molecule has 98 valence electrons. The molecular formula is C14H17ClINO. The SMILES string of the molecule is CCCCN(C(=O)c1cc(Cl)ccc1I)C1CC1. The lowest BCUT2D eigenvalue weighted by molar-refractivity contribution is 0.0739. The topological polar surface area (TPSA) is 20.3 Å². The van der Waals surface area contributed by atoms with E-state index in [9.17, 15) is 4.79 Å². The molecule has 1 saturated carbocycles. The van der Waals surface area contributed by atoms with Gasteiger partial charge >= 0.3 is 0 Å². The molecule has 0 aromatic heterocycles. The summed E-state index contributed by atoms with van der Waals surface area (Å²) in [6, 6.07) is 5.97. The van der Waals surface area contributed by atoms with Gasteiger partial charge in [-0.1, -0.05) is 24.9 Å². The highest BCUT2D eigenvalue weighted by molar-refractivity contribution is 14.1. The van der Waals surface area contributed by atoms with Crippen LogP contribution in [0.3, 0.4) is 0 Å². The lowest BCUT2D eigenvalue weighted by Gasteiger charge is -2.23. The predicted octanol–water partition coefficient (Wildman–Crippen LogP) is 4.35. The van der Waals surface area contributed by atoms with E-state index in [0.717, 1.165) is 41.4 Å². The van der Waals surface area contributed by atoms with E-state index < -0.39 is 0 Å². The fraction of sp³-hybridized carbons (Fsp3) is 0.500. The van der Waals surface area contributed by atoms with Gasteiger partial charge < -0.3 is 4.90 Å². The van der Waals surface area contributed by atoms with Gasteiger partial charge in [0, 0.05) is 21.2 Å². The van der Waals surface area contributed by atoms with Crippen LogP contribution in [0, 0.1) is 3.57 Å². The van der Waals surface area contributed by atoms with Crippen molar-refractivity contribution in [1.29, 1.82) is 0 Å². The van der Waals surface area contributed by atoms with Crippen LogP contribution in [0.2, 0.25) is 5.02 Å². The summed E-state index contributed by atoms with van der Waals surface area (Å²) in [5, 5.41) is 0.630. The molecule has 2 nitrogen and oxygen atoms in total. The van der Waals surface area contributed by atoms with Crippen molar-refractivity contribution in [2.75, 3.05) is 6.54 Å². The van der Waals surface area contributed by atoms with E-state index in [1.807, 2.05) is 17.0 Å². The lowest BCUT2D eigenvalue weighted by atomic mass is 10.2. The molecule has 0 unspecified atom stereocenters. The highest BCUT2D eigenvalue weighted by Gasteiger charge is 2.33. The van der Waals surface area contributed by atoms with E-state index in [0.29, 0.717) is 11.1 Å².